The van der Waals surface area contributed by atoms with E-state index in [9.17, 15) is 4.39 Å². The van der Waals surface area contributed by atoms with E-state index in [0.29, 0.717) is 5.56 Å². The molecule has 3 nitrogen and oxygen atoms in total. The third-order valence-corrected chi connectivity index (χ3v) is 4.34. The first-order valence-electron chi connectivity index (χ1n) is 7.11. The van der Waals surface area contributed by atoms with Crippen LogP contribution in [0.4, 0.5) is 4.39 Å². The van der Waals surface area contributed by atoms with E-state index < -0.39 is 0 Å². The van der Waals surface area contributed by atoms with Crippen molar-refractivity contribution in [2.45, 2.75) is 33.2 Å². The van der Waals surface area contributed by atoms with Gasteiger partial charge in [0.25, 0.3) is 0 Å². The first-order chi connectivity index (χ1) is 9.93. The molecule has 1 aromatic carbocycles. The fourth-order valence-corrected chi connectivity index (χ4v) is 3.02. The van der Waals surface area contributed by atoms with Crippen molar-refractivity contribution in [1.29, 1.82) is 0 Å². The summed E-state index contributed by atoms with van der Waals surface area (Å²) in [4.78, 5) is 0. The Morgan fingerprint density at radius 3 is 2.67 bits per heavy atom. The minimum absolute atomic E-state index is 0.0610. The Labute approximate surface area is 133 Å². The molecule has 114 valence electrons. The van der Waals surface area contributed by atoms with Gasteiger partial charge in [0.1, 0.15) is 5.82 Å². The maximum Gasteiger partial charge on any atom is 0.128 e. The zero-order valence-electron chi connectivity index (χ0n) is 12.9. The Morgan fingerprint density at radius 1 is 1.38 bits per heavy atom. The standard InChI is InChI=1S/C16H21BrFN3/c1-5-19-16(14-8-12(17)6-7-15(14)18)9-13-10(2)20-21(4)11(13)3/h6-8,16,19H,5,9H2,1-4H3. The van der Waals surface area contributed by atoms with Crippen LogP contribution in [0.15, 0.2) is 22.7 Å². The molecule has 0 fully saturated rings. The van der Waals surface area contributed by atoms with Gasteiger partial charge in [0.2, 0.25) is 0 Å². The van der Waals surface area contributed by atoms with E-state index in [1.54, 1.807) is 6.07 Å². The smallest absolute Gasteiger partial charge is 0.128 e. The Hall–Kier alpha value is -1.20. The van der Waals surface area contributed by atoms with Gasteiger partial charge in [-0.15, -0.1) is 0 Å². The fourth-order valence-electron chi connectivity index (χ4n) is 2.64. The monoisotopic (exact) mass is 353 g/mol. The number of benzene rings is 1. The van der Waals surface area contributed by atoms with Crippen molar-refractivity contribution in [3.63, 3.8) is 0 Å². The van der Waals surface area contributed by atoms with Gasteiger partial charge in [-0.25, -0.2) is 4.39 Å². The third kappa shape index (κ3) is 3.52. The molecule has 0 spiro atoms. The molecule has 1 unspecified atom stereocenters. The molecular formula is C16H21BrFN3. The summed E-state index contributed by atoms with van der Waals surface area (Å²) in [5.74, 6) is -0.177. The molecule has 1 atom stereocenters. The second-order valence-electron chi connectivity index (χ2n) is 5.25. The number of nitrogens with zero attached hydrogens (tertiary/aromatic N) is 2. The van der Waals surface area contributed by atoms with E-state index in [1.807, 2.05) is 31.6 Å². The topological polar surface area (TPSA) is 29.9 Å². The van der Waals surface area contributed by atoms with E-state index in [4.69, 9.17) is 0 Å². The summed E-state index contributed by atoms with van der Waals surface area (Å²) in [5.41, 5.74) is 4.01. The van der Waals surface area contributed by atoms with E-state index >= 15 is 0 Å². The van der Waals surface area contributed by atoms with Crippen LogP contribution in [0.25, 0.3) is 0 Å². The van der Waals surface area contributed by atoms with Crippen molar-refractivity contribution in [2.75, 3.05) is 6.54 Å². The van der Waals surface area contributed by atoms with Crippen LogP contribution in [0.2, 0.25) is 0 Å². The van der Waals surface area contributed by atoms with Crippen LogP contribution in [0.5, 0.6) is 0 Å². The molecule has 0 saturated carbocycles. The molecule has 1 aromatic heterocycles. The first kappa shape index (κ1) is 16.2. The normalized spacial score (nSPS) is 12.7. The lowest BCUT2D eigenvalue weighted by atomic mass is 9.97. The summed E-state index contributed by atoms with van der Waals surface area (Å²) < 4.78 is 16.9. The Morgan fingerprint density at radius 2 is 2.10 bits per heavy atom. The highest BCUT2D eigenvalue weighted by Gasteiger charge is 2.20. The first-order valence-corrected chi connectivity index (χ1v) is 7.90. The Kier molecular flexibility index (Phi) is 5.17. The van der Waals surface area contributed by atoms with E-state index in [1.165, 1.54) is 11.6 Å². The molecule has 0 amide bonds. The summed E-state index contributed by atoms with van der Waals surface area (Å²) in [6.45, 7) is 6.87. The summed E-state index contributed by atoms with van der Waals surface area (Å²) in [6, 6.07) is 5.02. The minimum atomic E-state index is -0.177. The van der Waals surface area contributed by atoms with Crippen LogP contribution >= 0.6 is 15.9 Å². The van der Waals surface area contributed by atoms with Crippen molar-refractivity contribution in [3.8, 4) is 0 Å². The number of nitrogens with one attached hydrogen (secondary N) is 1. The van der Waals surface area contributed by atoms with Crippen LogP contribution in [0.1, 0.15) is 35.5 Å². The van der Waals surface area contributed by atoms with Crippen molar-refractivity contribution >= 4 is 15.9 Å². The Balaban J connectivity index is 2.37. The van der Waals surface area contributed by atoms with Crippen molar-refractivity contribution in [2.24, 2.45) is 7.05 Å². The molecule has 21 heavy (non-hydrogen) atoms. The molecule has 1 heterocycles. The number of likely N-dealkylation sites (N-methyl/N-ethyl adjacent to an activating group) is 1. The highest BCUT2D eigenvalue weighted by atomic mass is 79.9. The molecule has 0 bridgehead atoms. The number of hydrogen-bond donors (Lipinski definition) is 1. The summed E-state index contributed by atoms with van der Waals surface area (Å²) in [7, 11) is 1.94. The average molecular weight is 354 g/mol. The van der Waals surface area contributed by atoms with Crippen LogP contribution in [0.3, 0.4) is 0 Å². The van der Waals surface area contributed by atoms with Crippen LogP contribution < -0.4 is 5.32 Å². The maximum absolute atomic E-state index is 14.2. The second kappa shape index (κ2) is 6.71. The van der Waals surface area contributed by atoms with Crippen LogP contribution in [0, 0.1) is 19.7 Å². The van der Waals surface area contributed by atoms with Gasteiger partial charge in [0.15, 0.2) is 0 Å². The van der Waals surface area contributed by atoms with Crippen molar-refractivity contribution < 1.29 is 4.39 Å². The molecule has 0 saturated heterocycles. The quantitative estimate of drug-likeness (QED) is 0.884. The summed E-state index contributed by atoms with van der Waals surface area (Å²) in [6.07, 6.45) is 0.729. The van der Waals surface area contributed by atoms with Crippen molar-refractivity contribution in [1.82, 2.24) is 15.1 Å². The highest BCUT2D eigenvalue weighted by molar-refractivity contribution is 9.10. The molecule has 1 N–H and O–H groups in total. The largest absolute Gasteiger partial charge is 0.310 e. The summed E-state index contributed by atoms with van der Waals surface area (Å²) in [5, 5.41) is 7.82. The van der Waals surface area contributed by atoms with Gasteiger partial charge in [-0.3, -0.25) is 4.68 Å². The number of aromatic nitrogens is 2. The SMILES string of the molecule is CCNC(Cc1c(C)nn(C)c1C)c1cc(Br)ccc1F. The van der Waals surface area contributed by atoms with Crippen LogP contribution in [-0.4, -0.2) is 16.3 Å². The van der Waals surface area contributed by atoms with E-state index in [2.05, 4.69) is 33.3 Å². The zero-order chi connectivity index (χ0) is 15.6. The highest BCUT2D eigenvalue weighted by Crippen LogP contribution is 2.26. The molecule has 0 radical (unpaired) electrons. The van der Waals surface area contributed by atoms with Crippen molar-refractivity contribution in [3.05, 3.63) is 51.0 Å². The van der Waals surface area contributed by atoms with Gasteiger partial charge in [0, 0.05) is 28.8 Å². The predicted molar refractivity (Wildman–Crippen MR) is 86.9 cm³/mol. The van der Waals surface area contributed by atoms with Crippen LogP contribution in [-0.2, 0) is 13.5 Å². The molecule has 0 aliphatic rings. The number of aryl methyl sites for hydroxylation is 2. The molecule has 2 rings (SSSR count). The van der Waals surface area contributed by atoms with Gasteiger partial charge in [-0.2, -0.15) is 5.10 Å². The third-order valence-electron chi connectivity index (χ3n) is 3.85. The van der Waals surface area contributed by atoms with Gasteiger partial charge < -0.3 is 5.32 Å². The Bertz CT molecular complexity index is 637. The molecule has 0 aliphatic heterocycles. The molecule has 5 heteroatoms. The van der Waals surface area contributed by atoms with Gasteiger partial charge in [-0.05, 0) is 50.6 Å². The van der Waals surface area contributed by atoms with Gasteiger partial charge in [-0.1, -0.05) is 22.9 Å². The maximum atomic E-state index is 14.2. The van der Waals surface area contributed by atoms with E-state index in [-0.39, 0.29) is 11.9 Å². The summed E-state index contributed by atoms with van der Waals surface area (Å²) >= 11 is 3.42. The lowest BCUT2D eigenvalue weighted by Crippen LogP contribution is -2.24. The predicted octanol–water partition coefficient (Wildman–Crippen LogP) is 3.83. The lowest BCUT2D eigenvalue weighted by Gasteiger charge is -2.20. The second-order valence-corrected chi connectivity index (χ2v) is 6.17. The fraction of sp³-hybridized carbons (Fsp3) is 0.438. The number of rotatable bonds is 5. The lowest BCUT2D eigenvalue weighted by molar-refractivity contribution is 0.508. The molecule has 0 aliphatic carbocycles. The van der Waals surface area contributed by atoms with Gasteiger partial charge >= 0.3 is 0 Å². The number of halogens is 2. The van der Waals surface area contributed by atoms with E-state index in [0.717, 1.165) is 28.8 Å². The minimum Gasteiger partial charge on any atom is -0.310 e. The molecular weight excluding hydrogens is 333 g/mol. The molecule has 2 aromatic rings. The number of hydrogen-bond acceptors (Lipinski definition) is 2. The zero-order valence-corrected chi connectivity index (χ0v) is 14.5. The average Bonchev–Trinajstić information content (AvgIpc) is 2.67. The van der Waals surface area contributed by atoms with Gasteiger partial charge in [0.05, 0.1) is 5.69 Å².